The van der Waals surface area contributed by atoms with E-state index in [9.17, 15) is 4.79 Å². The summed E-state index contributed by atoms with van der Waals surface area (Å²) in [5.74, 6) is 0.912. The number of anilines is 1. The Morgan fingerprint density at radius 2 is 1.93 bits per heavy atom. The summed E-state index contributed by atoms with van der Waals surface area (Å²) < 4.78 is 9.47. The fourth-order valence-electron chi connectivity index (χ4n) is 3.64. The highest BCUT2D eigenvalue weighted by Crippen LogP contribution is 2.24. The van der Waals surface area contributed by atoms with Gasteiger partial charge in [0.15, 0.2) is 0 Å². The van der Waals surface area contributed by atoms with E-state index in [1.807, 2.05) is 39.0 Å². The summed E-state index contributed by atoms with van der Waals surface area (Å²) in [5.41, 5.74) is 1.54. The van der Waals surface area contributed by atoms with Gasteiger partial charge in [0.25, 0.3) is 0 Å². The Morgan fingerprint density at radius 1 is 1.10 bits per heavy atom. The van der Waals surface area contributed by atoms with Gasteiger partial charge in [0.1, 0.15) is 11.9 Å². The van der Waals surface area contributed by atoms with Crippen LogP contribution in [0.4, 0.5) is 10.7 Å². The molecule has 0 radical (unpaired) electrons. The molecule has 0 spiro atoms. The predicted molar refractivity (Wildman–Crippen MR) is 112 cm³/mol. The van der Waals surface area contributed by atoms with Crippen molar-refractivity contribution in [3.05, 3.63) is 30.6 Å². The Balaban J connectivity index is 1.53. The maximum Gasteiger partial charge on any atom is 0.410 e. The average molecular weight is 412 g/mol. The number of amides is 1. The molecule has 1 aliphatic heterocycles. The van der Waals surface area contributed by atoms with E-state index in [2.05, 4.69) is 31.1 Å². The predicted octanol–water partition coefficient (Wildman–Crippen LogP) is 2.17. The van der Waals surface area contributed by atoms with E-state index in [-0.39, 0.29) is 6.09 Å². The molecule has 0 atom stereocenters. The molecular formula is C20H28N8O2. The summed E-state index contributed by atoms with van der Waals surface area (Å²) in [6.07, 6.45) is 2.22. The van der Waals surface area contributed by atoms with E-state index in [0.29, 0.717) is 32.7 Å². The van der Waals surface area contributed by atoms with Gasteiger partial charge in [-0.2, -0.15) is 0 Å². The number of carbonyl (C=O) groups excluding carboxylic acids is 1. The molecule has 10 nitrogen and oxygen atoms in total. The maximum absolute atomic E-state index is 12.5. The van der Waals surface area contributed by atoms with Gasteiger partial charge in [0.2, 0.25) is 5.95 Å². The number of fused-ring (bicyclic) bond motifs is 1. The lowest BCUT2D eigenvalue weighted by Gasteiger charge is -2.26. The van der Waals surface area contributed by atoms with Crippen LogP contribution in [-0.4, -0.2) is 72.5 Å². The summed E-state index contributed by atoms with van der Waals surface area (Å²) in [6.45, 7) is 9.83. The molecule has 1 aromatic carbocycles. The topological polar surface area (TPSA) is 94.2 Å². The molecule has 3 heterocycles. The largest absolute Gasteiger partial charge is 0.444 e. The molecule has 1 amide bonds. The summed E-state index contributed by atoms with van der Waals surface area (Å²) in [6, 6.07) is 8.12. The molecule has 10 heteroatoms. The van der Waals surface area contributed by atoms with Crippen molar-refractivity contribution in [2.75, 3.05) is 31.1 Å². The van der Waals surface area contributed by atoms with Gasteiger partial charge in [0, 0.05) is 32.7 Å². The van der Waals surface area contributed by atoms with E-state index < -0.39 is 5.60 Å². The number of imidazole rings is 1. The van der Waals surface area contributed by atoms with Gasteiger partial charge in [-0.15, -0.1) is 5.10 Å². The van der Waals surface area contributed by atoms with Crippen LogP contribution in [0.3, 0.4) is 0 Å². The van der Waals surface area contributed by atoms with Crippen LogP contribution in [0.1, 0.15) is 27.2 Å². The normalized spacial score (nSPS) is 15.4. The lowest BCUT2D eigenvalue weighted by Crippen LogP contribution is -2.39. The first-order valence-electron chi connectivity index (χ1n) is 10.3. The zero-order chi connectivity index (χ0) is 21.1. The van der Waals surface area contributed by atoms with Gasteiger partial charge in [0.05, 0.1) is 17.6 Å². The molecule has 0 aliphatic carbocycles. The number of rotatable bonds is 4. The highest BCUT2D eigenvalue weighted by molar-refractivity contribution is 5.79. The number of hydrogen-bond acceptors (Lipinski definition) is 7. The van der Waals surface area contributed by atoms with Crippen LogP contribution in [0.5, 0.6) is 0 Å². The monoisotopic (exact) mass is 412 g/mol. The van der Waals surface area contributed by atoms with Gasteiger partial charge in [-0.25, -0.2) is 14.5 Å². The molecule has 3 aromatic rings. The maximum atomic E-state index is 12.5. The van der Waals surface area contributed by atoms with Gasteiger partial charge < -0.3 is 19.1 Å². The second-order valence-corrected chi connectivity index (χ2v) is 8.43. The van der Waals surface area contributed by atoms with E-state index in [4.69, 9.17) is 9.72 Å². The third kappa shape index (κ3) is 4.52. The number of para-hydroxylation sites is 2. The molecule has 0 bridgehead atoms. The molecular weight excluding hydrogens is 384 g/mol. The van der Waals surface area contributed by atoms with Crippen LogP contribution in [-0.2, 0) is 17.8 Å². The van der Waals surface area contributed by atoms with Crippen LogP contribution in [0, 0.1) is 0 Å². The van der Waals surface area contributed by atoms with Crippen molar-refractivity contribution >= 4 is 23.1 Å². The average Bonchev–Trinajstić information content (AvgIpc) is 3.26. The molecule has 1 aliphatic rings. The van der Waals surface area contributed by atoms with Gasteiger partial charge in [-0.05, 0) is 49.8 Å². The van der Waals surface area contributed by atoms with Crippen molar-refractivity contribution in [1.29, 1.82) is 0 Å². The van der Waals surface area contributed by atoms with E-state index >= 15 is 0 Å². The van der Waals surface area contributed by atoms with Gasteiger partial charge >= 0.3 is 6.09 Å². The fourth-order valence-corrected chi connectivity index (χ4v) is 3.64. The Kier molecular flexibility index (Phi) is 5.56. The highest BCUT2D eigenvalue weighted by Gasteiger charge is 2.26. The molecule has 4 rings (SSSR count). The minimum Gasteiger partial charge on any atom is -0.444 e. The molecule has 160 valence electrons. The summed E-state index contributed by atoms with van der Waals surface area (Å²) in [7, 11) is 0. The molecule has 1 saturated heterocycles. The second-order valence-electron chi connectivity index (χ2n) is 8.43. The number of aromatic nitrogens is 6. The lowest BCUT2D eigenvalue weighted by molar-refractivity contribution is 0.0263. The number of benzene rings is 1. The van der Waals surface area contributed by atoms with Crippen LogP contribution in [0.25, 0.3) is 11.0 Å². The first-order chi connectivity index (χ1) is 14.4. The minimum absolute atomic E-state index is 0.253. The number of tetrazole rings is 1. The zero-order valence-corrected chi connectivity index (χ0v) is 17.7. The van der Waals surface area contributed by atoms with E-state index in [1.54, 1.807) is 15.9 Å². The van der Waals surface area contributed by atoms with E-state index in [0.717, 1.165) is 29.9 Å². The third-order valence-corrected chi connectivity index (χ3v) is 5.01. The standard InChI is InChI=1S/C20H28N8O2/c1-20(2,3)30-19(29)26-10-6-9-25(11-12-26)18-22-16-7-4-5-8-17(16)28(18)14-13-27-15-21-23-24-27/h4-5,7-8,15H,6,9-14H2,1-3H3. The number of carbonyl (C=O) groups is 1. The molecule has 0 unspecified atom stereocenters. The first kappa shape index (κ1) is 20.1. The number of ether oxygens (including phenoxy) is 1. The highest BCUT2D eigenvalue weighted by atomic mass is 16.6. The summed E-state index contributed by atoms with van der Waals surface area (Å²) in [4.78, 5) is 21.4. The second kappa shape index (κ2) is 8.29. The Morgan fingerprint density at radius 3 is 2.70 bits per heavy atom. The fraction of sp³-hybridized carbons (Fsp3) is 0.550. The molecule has 30 heavy (non-hydrogen) atoms. The molecule has 0 N–H and O–H groups in total. The molecule has 1 fully saturated rings. The number of hydrogen-bond donors (Lipinski definition) is 0. The molecule has 2 aromatic heterocycles. The lowest BCUT2D eigenvalue weighted by atomic mass is 10.2. The van der Waals surface area contributed by atoms with Crippen LogP contribution in [0.15, 0.2) is 30.6 Å². The minimum atomic E-state index is -0.493. The summed E-state index contributed by atoms with van der Waals surface area (Å²) in [5, 5.41) is 11.4. The van der Waals surface area contributed by atoms with Crippen molar-refractivity contribution in [3.63, 3.8) is 0 Å². The van der Waals surface area contributed by atoms with Crippen molar-refractivity contribution in [3.8, 4) is 0 Å². The van der Waals surface area contributed by atoms with Crippen molar-refractivity contribution in [2.45, 2.75) is 45.9 Å². The first-order valence-corrected chi connectivity index (χ1v) is 10.3. The van der Waals surface area contributed by atoms with Crippen molar-refractivity contribution < 1.29 is 9.53 Å². The Labute approximate surface area is 175 Å². The Hall–Kier alpha value is -3.17. The van der Waals surface area contributed by atoms with Crippen LogP contribution >= 0.6 is 0 Å². The zero-order valence-electron chi connectivity index (χ0n) is 17.7. The van der Waals surface area contributed by atoms with Gasteiger partial charge in [-0.3, -0.25) is 0 Å². The smallest absolute Gasteiger partial charge is 0.410 e. The number of nitrogens with zero attached hydrogens (tertiary/aromatic N) is 8. The SMILES string of the molecule is CC(C)(C)OC(=O)N1CCCN(c2nc3ccccc3n2CCn2cnnn2)CC1. The number of aryl methyl sites for hydroxylation is 2. The van der Waals surface area contributed by atoms with Crippen LogP contribution < -0.4 is 4.90 Å². The van der Waals surface area contributed by atoms with Crippen molar-refractivity contribution in [2.24, 2.45) is 0 Å². The van der Waals surface area contributed by atoms with Gasteiger partial charge in [-0.1, -0.05) is 12.1 Å². The third-order valence-electron chi connectivity index (χ3n) is 5.01. The van der Waals surface area contributed by atoms with Crippen molar-refractivity contribution in [1.82, 2.24) is 34.7 Å². The quantitative estimate of drug-likeness (QED) is 0.648. The van der Waals surface area contributed by atoms with E-state index in [1.165, 1.54) is 0 Å². The Bertz CT molecular complexity index is 992. The van der Waals surface area contributed by atoms with Crippen LogP contribution in [0.2, 0.25) is 0 Å². The summed E-state index contributed by atoms with van der Waals surface area (Å²) >= 11 is 0. The molecule has 0 saturated carbocycles.